The molecule has 6 nitrogen and oxygen atoms in total. The molecule has 0 saturated carbocycles. The number of para-hydroxylation sites is 1. The molecule has 0 unspecified atom stereocenters. The minimum Gasteiger partial charge on any atom is -0.450 e. The van der Waals surface area contributed by atoms with Gasteiger partial charge in [-0.3, -0.25) is 4.98 Å². The van der Waals surface area contributed by atoms with E-state index in [-0.39, 0.29) is 6.09 Å². The van der Waals surface area contributed by atoms with Crippen LogP contribution < -0.4 is 4.90 Å². The van der Waals surface area contributed by atoms with Crippen LogP contribution in [0.3, 0.4) is 0 Å². The van der Waals surface area contributed by atoms with Crippen molar-refractivity contribution >= 4 is 39.9 Å². The maximum Gasteiger partial charge on any atom is 0.409 e. The number of aromatic nitrogens is 2. The molecular weight excluding hydrogens is 340 g/mol. The number of fused-ring (bicyclic) bond motifs is 3. The molecule has 4 rings (SSSR count). The summed E-state index contributed by atoms with van der Waals surface area (Å²) in [4.78, 5) is 20.5. The molecule has 0 atom stereocenters. The summed E-state index contributed by atoms with van der Waals surface area (Å²) >= 11 is 6.21. The van der Waals surface area contributed by atoms with Crippen molar-refractivity contribution in [3.05, 3.63) is 41.7 Å². The highest BCUT2D eigenvalue weighted by Gasteiger charge is 2.23. The summed E-state index contributed by atoms with van der Waals surface area (Å²) in [5.41, 5.74) is 3.94. The van der Waals surface area contributed by atoms with Crippen LogP contribution in [-0.4, -0.2) is 53.2 Å². The van der Waals surface area contributed by atoms with Crippen molar-refractivity contribution in [3.63, 3.8) is 0 Å². The second-order valence-corrected chi connectivity index (χ2v) is 6.40. The zero-order valence-corrected chi connectivity index (χ0v) is 14.7. The van der Waals surface area contributed by atoms with Crippen molar-refractivity contribution in [1.29, 1.82) is 0 Å². The van der Waals surface area contributed by atoms with Crippen LogP contribution in [0.4, 0.5) is 10.5 Å². The van der Waals surface area contributed by atoms with E-state index in [4.69, 9.17) is 16.3 Å². The molecule has 0 radical (unpaired) electrons. The number of carbonyl (C=O) groups is 1. The van der Waals surface area contributed by atoms with Gasteiger partial charge in [0.15, 0.2) is 0 Å². The standard InChI is InChI=1S/C18H19ClN4O2/c1-2-25-18(24)22-10-8-21(9-11-22)14-4-3-5-15-17(14)20-12-16-13(19)6-7-23(15)16/h3-7,12H,2,8-11H2,1H3. The smallest absolute Gasteiger partial charge is 0.409 e. The third-order valence-corrected chi connectivity index (χ3v) is 4.91. The molecule has 130 valence electrons. The van der Waals surface area contributed by atoms with Gasteiger partial charge < -0.3 is 18.9 Å². The van der Waals surface area contributed by atoms with Gasteiger partial charge in [-0.1, -0.05) is 17.7 Å². The normalized spacial score (nSPS) is 15.1. The van der Waals surface area contributed by atoms with E-state index in [0.29, 0.717) is 24.7 Å². The van der Waals surface area contributed by atoms with Crippen molar-refractivity contribution < 1.29 is 9.53 Å². The average molecular weight is 359 g/mol. The Morgan fingerprint density at radius 3 is 2.76 bits per heavy atom. The summed E-state index contributed by atoms with van der Waals surface area (Å²) in [5, 5.41) is 0.697. The lowest BCUT2D eigenvalue weighted by atomic mass is 10.2. The number of amides is 1. The van der Waals surface area contributed by atoms with Crippen LogP contribution in [0, 0.1) is 0 Å². The monoisotopic (exact) mass is 358 g/mol. The molecule has 3 aromatic rings. The Kier molecular flexibility index (Phi) is 4.13. The summed E-state index contributed by atoms with van der Waals surface area (Å²) in [5.74, 6) is 0. The Labute approximate surface area is 150 Å². The number of rotatable bonds is 2. The number of hydrogen-bond acceptors (Lipinski definition) is 4. The van der Waals surface area contributed by atoms with Crippen LogP contribution in [0.1, 0.15) is 6.92 Å². The predicted molar refractivity (Wildman–Crippen MR) is 98.5 cm³/mol. The summed E-state index contributed by atoms with van der Waals surface area (Å²) in [6.45, 7) is 5.03. The molecule has 1 aliphatic heterocycles. The van der Waals surface area contributed by atoms with Gasteiger partial charge in [0.25, 0.3) is 0 Å². The summed E-state index contributed by atoms with van der Waals surface area (Å²) in [7, 11) is 0. The van der Waals surface area contributed by atoms with Crippen LogP contribution in [0.5, 0.6) is 0 Å². The number of anilines is 1. The van der Waals surface area contributed by atoms with Crippen molar-refractivity contribution in [2.75, 3.05) is 37.7 Å². The minimum atomic E-state index is -0.234. The highest BCUT2D eigenvalue weighted by molar-refractivity contribution is 6.34. The third kappa shape index (κ3) is 2.76. The Morgan fingerprint density at radius 2 is 2.00 bits per heavy atom. The van der Waals surface area contributed by atoms with E-state index in [1.807, 2.05) is 37.5 Å². The zero-order valence-electron chi connectivity index (χ0n) is 14.0. The van der Waals surface area contributed by atoms with Gasteiger partial charge in [-0.15, -0.1) is 0 Å². The van der Waals surface area contributed by atoms with Gasteiger partial charge in [-0.25, -0.2) is 4.79 Å². The molecule has 0 N–H and O–H groups in total. The van der Waals surface area contributed by atoms with Crippen LogP contribution >= 0.6 is 11.6 Å². The number of benzene rings is 1. The second kappa shape index (κ2) is 6.44. The van der Waals surface area contributed by atoms with E-state index in [1.165, 1.54) is 0 Å². The Bertz CT molecular complexity index is 931. The first-order valence-corrected chi connectivity index (χ1v) is 8.78. The van der Waals surface area contributed by atoms with Crippen LogP contribution in [0.25, 0.3) is 16.6 Å². The second-order valence-electron chi connectivity index (χ2n) is 6.00. The molecule has 1 aliphatic rings. The highest BCUT2D eigenvalue weighted by atomic mass is 35.5. The fourth-order valence-corrected chi connectivity index (χ4v) is 3.52. The van der Waals surface area contributed by atoms with E-state index in [1.54, 1.807) is 4.90 Å². The van der Waals surface area contributed by atoms with Crippen LogP contribution in [-0.2, 0) is 4.74 Å². The van der Waals surface area contributed by atoms with Gasteiger partial charge in [0, 0.05) is 32.4 Å². The largest absolute Gasteiger partial charge is 0.450 e. The SMILES string of the molecule is CCOC(=O)N1CCN(c2cccc3c2ncc2c(Cl)ccn23)CC1. The van der Waals surface area contributed by atoms with Gasteiger partial charge in [0.1, 0.15) is 5.52 Å². The first kappa shape index (κ1) is 16.0. The van der Waals surface area contributed by atoms with Crippen LogP contribution in [0.2, 0.25) is 5.02 Å². The lowest BCUT2D eigenvalue weighted by Crippen LogP contribution is -2.49. The zero-order chi connectivity index (χ0) is 17.4. The van der Waals surface area contributed by atoms with E-state index in [9.17, 15) is 4.79 Å². The fraction of sp³-hybridized carbons (Fsp3) is 0.333. The molecule has 1 fully saturated rings. The number of carbonyl (C=O) groups excluding carboxylic acids is 1. The molecule has 1 saturated heterocycles. The van der Waals surface area contributed by atoms with E-state index in [2.05, 4.69) is 20.4 Å². The molecule has 25 heavy (non-hydrogen) atoms. The van der Waals surface area contributed by atoms with Gasteiger partial charge in [0.05, 0.1) is 34.5 Å². The van der Waals surface area contributed by atoms with Crippen molar-refractivity contribution in [2.24, 2.45) is 0 Å². The molecule has 7 heteroatoms. The quantitative estimate of drug-likeness (QED) is 0.704. The lowest BCUT2D eigenvalue weighted by molar-refractivity contribution is 0.105. The lowest BCUT2D eigenvalue weighted by Gasteiger charge is -2.35. The van der Waals surface area contributed by atoms with Gasteiger partial charge in [0.2, 0.25) is 0 Å². The molecule has 0 spiro atoms. The van der Waals surface area contributed by atoms with E-state index < -0.39 is 0 Å². The first-order valence-electron chi connectivity index (χ1n) is 8.40. The maximum atomic E-state index is 11.9. The van der Waals surface area contributed by atoms with Gasteiger partial charge >= 0.3 is 6.09 Å². The number of ether oxygens (including phenoxy) is 1. The van der Waals surface area contributed by atoms with Gasteiger partial charge in [-0.05, 0) is 25.1 Å². The summed E-state index contributed by atoms with van der Waals surface area (Å²) in [6.07, 6.45) is 3.54. The molecule has 0 bridgehead atoms. The molecule has 3 heterocycles. The molecule has 0 aliphatic carbocycles. The Hall–Kier alpha value is -2.47. The average Bonchev–Trinajstić information content (AvgIpc) is 3.03. The Balaban J connectivity index is 1.64. The van der Waals surface area contributed by atoms with Gasteiger partial charge in [-0.2, -0.15) is 0 Å². The Morgan fingerprint density at radius 1 is 1.20 bits per heavy atom. The maximum absolute atomic E-state index is 11.9. The van der Waals surface area contributed by atoms with E-state index >= 15 is 0 Å². The fourth-order valence-electron chi connectivity index (χ4n) is 3.33. The number of piperazine rings is 1. The van der Waals surface area contributed by atoms with Crippen LogP contribution in [0.15, 0.2) is 36.7 Å². The number of halogens is 1. The third-order valence-electron chi connectivity index (χ3n) is 4.59. The summed E-state index contributed by atoms with van der Waals surface area (Å²) < 4.78 is 7.14. The topological polar surface area (TPSA) is 50.1 Å². The number of nitrogens with zero attached hydrogens (tertiary/aromatic N) is 4. The molecule has 1 amide bonds. The minimum absolute atomic E-state index is 0.234. The van der Waals surface area contributed by atoms with Crippen molar-refractivity contribution in [3.8, 4) is 0 Å². The van der Waals surface area contributed by atoms with E-state index in [0.717, 1.165) is 35.3 Å². The molecule has 2 aromatic heterocycles. The van der Waals surface area contributed by atoms with Crippen molar-refractivity contribution in [2.45, 2.75) is 6.92 Å². The van der Waals surface area contributed by atoms with Crippen molar-refractivity contribution in [1.82, 2.24) is 14.3 Å². The predicted octanol–water partition coefficient (Wildman–Crippen LogP) is 3.42. The highest BCUT2D eigenvalue weighted by Crippen LogP contribution is 2.29. The first-order chi connectivity index (χ1) is 12.2. The number of hydrogen-bond donors (Lipinski definition) is 0. The summed E-state index contributed by atoms with van der Waals surface area (Å²) in [6, 6.07) is 8.03. The molecular formula is C18H19ClN4O2. The molecule has 1 aromatic carbocycles.